The summed E-state index contributed by atoms with van der Waals surface area (Å²) in [6, 6.07) is 6.59. The molecule has 0 N–H and O–H groups in total. The second-order valence-corrected chi connectivity index (χ2v) is 6.66. The quantitative estimate of drug-likeness (QED) is 0.837. The summed E-state index contributed by atoms with van der Waals surface area (Å²) in [4.78, 5) is 3.70. The molecule has 0 amide bonds. The van der Waals surface area contributed by atoms with Gasteiger partial charge in [-0.05, 0) is 12.1 Å². The van der Waals surface area contributed by atoms with Crippen molar-refractivity contribution in [3.8, 4) is 0 Å². The van der Waals surface area contributed by atoms with Gasteiger partial charge in [-0.25, -0.2) is 13.4 Å². The van der Waals surface area contributed by atoms with Gasteiger partial charge in [0.25, 0.3) is 9.84 Å². The number of nitrogens with zero attached hydrogens (tertiary/aromatic N) is 1. The van der Waals surface area contributed by atoms with Crippen molar-refractivity contribution < 1.29 is 17.2 Å². The molecule has 86 valence electrons. The summed E-state index contributed by atoms with van der Waals surface area (Å²) in [7, 11) is -4.66. The van der Waals surface area contributed by atoms with Gasteiger partial charge in [-0.3, -0.25) is 0 Å². The van der Waals surface area contributed by atoms with E-state index in [4.69, 9.17) is 0 Å². The van der Waals surface area contributed by atoms with Crippen LogP contribution >= 0.6 is 11.3 Å². The van der Waals surface area contributed by atoms with E-state index < -0.39 is 19.4 Å². The molecule has 0 spiro atoms. The molecule has 3 nitrogen and oxygen atoms in total. The van der Waals surface area contributed by atoms with Gasteiger partial charge in [0.1, 0.15) is 0 Å². The molecule has 0 aliphatic heterocycles. The fourth-order valence-corrected chi connectivity index (χ4v) is 3.49. The first-order chi connectivity index (χ1) is 7.32. The van der Waals surface area contributed by atoms with Gasteiger partial charge in [-0.1, -0.05) is 12.1 Å². The van der Waals surface area contributed by atoms with Crippen molar-refractivity contribution in [1.82, 2.24) is 4.98 Å². The number of fused-ring (bicyclic) bond motifs is 1. The van der Waals surface area contributed by atoms with Crippen LogP contribution in [-0.2, 0) is 9.84 Å². The van der Waals surface area contributed by atoms with Crippen molar-refractivity contribution in [3.63, 3.8) is 0 Å². The SMILES string of the molecule is CC(F)(F)S(=O)(=O)c1nc2ccccc2s1. The minimum absolute atomic E-state index is 0.356. The van der Waals surface area contributed by atoms with Gasteiger partial charge in [0.2, 0.25) is 4.34 Å². The van der Waals surface area contributed by atoms with Gasteiger partial charge in [-0.15, -0.1) is 11.3 Å². The van der Waals surface area contributed by atoms with Crippen LogP contribution in [0.5, 0.6) is 0 Å². The van der Waals surface area contributed by atoms with Crippen LogP contribution in [0, 0.1) is 0 Å². The number of para-hydroxylation sites is 1. The molecule has 0 aliphatic carbocycles. The summed E-state index contributed by atoms with van der Waals surface area (Å²) in [5.74, 6) is 0. The van der Waals surface area contributed by atoms with Crippen molar-refractivity contribution in [2.45, 2.75) is 16.5 Å². The smallest absolute Gasteiger partial charge is 0.225 e. The maximum Gasteiger partial charge on any atom is 0.349 e. The zero-order valence-corrected chi connectivity index (χ0v) is 9.78. The Morgan fingerprint density at radius 1 is 1.31 bits per heavy atom. The van der Waals surface area contributed by atoms with Gasteiger partial charge in [0.15, 0.2) is 0 Å². The molecule has 0 bridgehead atoms. The number of benzene rings is 1. The standard InChI is InChI=1S/C9H7F2NO2S2/c1-9(10,11)16(13,14)8-12-6-4-2-3-5-7(6)15-8/h2-5H,1H3. The molecule has 0 atom stereocenters. The fraction of sp³-hybridized carbons (Fsp3) is 0.222. The molecule has 16 heavy (non-hydrogen) atoms. The van der Waals surface area contributed by atoms with Crippen LogP contribution in [-0.4, -0.2) is 18.7 Å². The highest BCUT2D eigenvalue weighted by Gasteiger charge is 2.43. The summed E-state index contributed by atoms with van der Waals surface area (Å²) >= 11 is 0.752. The topological polar surface area (TPSA) is 47.0 Å². The third kappa shape index (κ3) is 1.69. The molecule has 1 aromatic carbocycles. The van der Waals surface area contributed by atoms with Crippen LogP contribution in [0.1, 0.15) is 6.92 Å². The molecular formula is C9H7F2NO2S2. The summed E-state index contributed by atoms with van der Waals surface area (Å²) in [5, 5.41) is -3.80. The summed E-state index contributed by atoms with van der Waals surface area (Å²) < 4.78 is 48.7. The Balaban J connectivity index is 2.66. The second kappa shape index (κ2) is 3.46. The molecule has 1 heterocycles. The highest BCUT2D eigenvalue weighted by atomic mass is 32.2. The molecule has 2 aromatic rings. The maximum absolute atomic E-state index is 12.9. The number of thiazole rings is 1. The van der Waals surface area contributed by atoms with E-state index >= 15 is 0 Å². The normalized spacial score (nSPS) is 13.2. The number of halogens is 2. The third-order valence-corrected chi connectivity index (χ3v) is 5.21. The van der Waals surface area contributed by atoms with Crippen molar-refractivity contribution in [2.24, 2.45) is 0 Å². The van der Waals surface area contributed by atoms with Crippen LogP contribution in [0.4, 0.5) is 8.78 Å². The molecule has 0 unspecified atom stereocenters. The monoisotopic (exact) mass is 263 g/mol. The van der Waals surface area contributed by atoms with Crippen molar-refractivity contribution in [3.05, 3.63) is 24.3 Å². The lowest BCUT2D eigenvalue weighted by molar-refractivity contribution is 0.114. The molecule has 0 fully saturated rings. The lowest BCUT2D eigenvalue weighted by Crippen LogP contribution is -2.24. The van der Waals surface area contributed by atoms with Crippen LogP contribution in [0.15, 0.2) is 28.6 Å². The summed E-state index contributed by atoms with van der Waals surface area (Å²) in [6.45, 7) is 0.356. The Bertz CT molecular complexity index is 595. The van der Waals surface area contributed by atoms with E-state index in [9.17, 15) is 17.2 Å². The molecule has 1 aromatic heterocycles. The minimum atomic E-state index is -4.66. The van der Waals surface area contributed by atoms with E-state index in [1.807, 2.05) is 0 Å². The van der Waals surface area contributed by atoms with Gasteiger partial charge >= 0.3 is 5.25 Å². The van der Waals surface area contributed by atoms with E-state index in [-0.39, 0.29) is 0 Å². The van der Waals surface area contributed by atoms with Gasteiger partial charge in [-0.2, -0.15) is 8.78 Å². The Kier molecular flexibility index (Phi) is 2.47. The van der Waals surface area contributed by atoms with Crippen LogP contribution < -0.4 is 0 Å². The highest BCUT2D eigenvalue weighted by molar-refractivity contribution is 7.94. The fourth-order valence-electron chi connectivity index (χ4n) is 1.12. The lowest BCUT2D eigenvalue weighted by atomic mass is 10.3. The van der Waals surface area contributed by atoms with Crippen LogP contribution in [0.2, 0.25) is 0 Å². The van der Waals surface area contributed by atoms with E-state index in [1.54, 1.807) is 24.3 Å². The van der Waals surface area contributed by atoms with Gasteiger partial charge in [0, 0.05) is 6.92 Å². The first-order valence-corrected chi connectivity index (χ1v) is 6.60. The molecule has 2 rings (SSSR count). The third-order valence-electron chi connectivity index (χ3n) is 1.98. The Morgan fingerprint density at radius 3 is 2.50 bits per heavy atom. The number of hydrogen-bond donors (Lipinski definition) is 0. The number of hydrogen-bond acceptors (Lipinski definition) is 4. The average molecular weight is 263 g/mol. The minimum Gasteiger partial charge on any atom is -0.225 e. The van der Waals surface area contributed by atoms with Gasteiger partial charge in [0.05, 0.1) is 10.2 Å². The van der Waals surface area contributed by atoms with E-state index in [2.05, 4.69) is 4.98 Å². The predicted molar refractivity (Wildman–Crippen MR) is 57.4 cm³/mol. The van der Waals surface area contributed by atoms with Crippen molar-refractivity contribution in [2.75, 3.05) is 0 Å². The molecular weight excluding hydrogens is 256 g/mol. The van der Waals surface area contributed by atoms with Crippen LogP contribution in [0.25, 0.3) is 10.2 Å². The number of alkyl halides is 2. The summed E-state index contributed by atoms with van der Waals surface area (Å²) in [6.07, 6.45) is 0. The van der Waals surface area contributed by atoms with E-state index in [1.165, 1.54) is 0 Å². The van der Waals surface area contributed by atoms with Crippen LogP contribution in [0.3, 0.4) is 0 Å². The predicted octanol–water partition coefficient (Wildman–Crippen LogP) is 2.68. The molecule has 0 radical (unpaired) electrons. The molecule has 7 heteroatoms. The zero-order chi connectivity index (χ0) is 12.0. The molecule has 0 aliphatic rings. The Hall–Kier alpha value is -1.08. The van der Waals surface area contributed by atoms with E-state index in [0.29, 0.717) is 17.1 Å². The zero-order valence-electron chi connectivity index (χ0n) is 8.15. The van der Waals surface area contributed by atoms with E-state index in [0.717, 1.165) is 11.3 Å². The first kappa shape index (κ1) is 11.4. The average Bonchev–Trinajstić information content (AvgIpc) is 2.59. The highest BCUT2D eigenvalue weighted by Crippen LogP contribution is 2.33. The van der Waals surface area contributed by atoms with Crippen molar-refractivity contribution >= 4 is 31.4 Å². The second-order valence-electron chi connectivity index (χ2n) is 3.26. The number of rotatable bonds is 2. The lowest BCUT2D eigenvalue weighted by Gasteiger charge is -2.07. The first-order valence-electron chi connectivity index (χ1n) is 4.30. The largest absolute Gasteiger partial charge is 0.349 e. The van der Waals surface area contributed by atoms with Gasteiger partial charge < -0.3 is 0 Å². The number of aromatic nitrogens is 1. The Labute approximate surface area is 94.7 Å². The summed E-state index contributed by atoms with van der Waals surface area (Å²) in [5.41, 5.74) is 0.412. The van der Waals surface area contributed by atoms with Crippen molar-refractivity contribution in [1.29, 1.82) is 0 Å². The molecule has 0 saturated heterocycles. The Morgan fingerprint density at radius 2 is 1.94 bits per heavy atom. The number of sulfone groups is 1. The molecule has 0 saturated carbocycles. The maximum atomic E-state index is 12.9.